The zero-order chi connectivity index (χ0) is 20.8. The molecule has 4 rings (SSSR count). The lowest BCUT2D eigenvalue weighted by molar-refractivity contribution is 0.137. The molecule has 1 aliphatic heterocycles. The molecule has 3 aromatic rings. The number of aromatic amines is 1. The van der Waals surface area contributed by atoms with Gasteiger partial charge in [0.25, 0.3) is 5.56 Å². The van der Waals surface area contributed by atoms with E-state index in [0.29, 0.717) is 11.5 Å². The van der Waals surface area contributed by atoms with Crippen molar-refractivity contribution in [2.45, 2.75) is 59.0 Å². The molecular weight excluding hydrogens is 364 g/mol. The zero-order valence-electron chi connectivity index (χ0n) is 17.9. The summed E-state index contributed by atoms with van der Waals surface area (Å²) in [5.41, 5.74) is 2.31. The molecule has 0 radical (unpaired) electrons. The summed E-state index contributed by atoms with van der Waals surface area (Å²) in [6.45, 7) is 12.4. The van der Waals surface area contributed by atoms with Gasteiger partial charge in [-0.1, -0.05) is 25.1 Å². The highest BCUT2D eigenvalue weighted by molar-refractivity contribution is 5.82. The van der Waals surface area contributed by atoms with E-state index in [2.05, 4.69) is 53.1 Å². The zero-order valence-corrected chi connectivity index (χ0v) is 17.9. The van der Waals surface area contributed by atoms with Crippen LogP contribution < -0.4 is 5.56 Å². The lowest BCUT2D eigenvalue weighted by atomic mass is 9.95. The summed E-state index contributed by atoms with van der Waals surface area (Å²) in [7, 11) is 0. The topological polar surface area (TPSA) is 79.7 Å². The molecule has 0 aliphatic carbocycles. The van der Waals surface area contributed by atoms with Gasteiger partial charge in [-0.05, 0) is 80.4 Å². The predicted octanol–water partition coefficient (Wildman–Crippen LogP) is 3.40. The van der Waals surface area contributed by atoms with Gasteiger partial charge in [-0.3, -0.25) is 9.69 Å². The van der Waals surface area contributed by atoms with Gasteiger partial charge in [0.2, 0.25) is 0 Å². The van der Waals surface area contributed by atoms with Gasteiger partial charge < -0.3 is 4.98 Å². The third-order valence-electron chi connectivity index (χ3n) is 5.84. The Hall–Kier alpha value is -2.54. The monoisotopic (exact) mass is 394 g/mol. The lowest BCUT2D eigenvalue weighted by Crippen LogP contribution is -2.42. The van der Waals surface area contributed by atoms with E-state index in [1.807, 2.05) is 35.9 Å². The molecule has 2 unspecified atom stereocenters. The summed E-state index contributed by atoms with van der Waals surface area (Å²) in [6, 6.07) is 7.83. The van der Waals surface area contributed by atoms with Gasteiger partial charge in [0, 0.05) is 12.1 Å². The quantitative estimate of drug-likeness (QED) is 0.736. The van der Waals surface area contributed by atoms with Crippen LogP contribution in [-0.4, -0.2) is 43.2 Å². The van der Waals surface area contributed by atoms with Gasteiger partial charge in [-0.2, -0.15) is 0 Å². The van der Waals surface area contributed by atoms with Crippen LogP contribution in [-0.2, 0) is 5.54 Å². The maximum atomic E-state index is 13.2. The summed E-state index contributed by atoms with van der Waals surface area (Å²) in [5, 5.41) is 13.7. The first-order valence-corrected chi connectivity index (χ1v) is 10.4. The van der Waals surface area contributed by atoms with Crippen LogP contribution in [0.5, 0.6) is 0 Å². The van der Waals surface area contributed by atoms with E-state index in [0.717, 1.165) is 41.8 Å². The van der Waals surface area contributed by atoms with Crippen molar-refractivity contribution in [2.75, 3.05) is 13.1 Å². The molecule has 29 heavy (non-hydrogen) atoms. The van der Waals surface area contributed by atoms with E-state index < -0.39 is 0 Å². The second-order valence-electron chi connectivity index (χ2n) is 9.36. The molecule has 1 aromatic carbocycles. The number of hydrogen-bond acceptors (Lipinski definition) is 5. The average molecular weight is 395 g/mol. The molecule has 1 aliphatic rings. The highest BCUT2D eigenvalue weighted by Crippen LogP contribution is 2.32. The molecule has 1 saturated heterocycles. The normalized spacial score (nSPS) is 19.6. The number of aromatic nitrogens is 5. The standard InChI is InChI=1S/C22H30N6O/c1-14-8-7-11-27(13-14)19(20-24-25-26-28(20)22(3,4)5)17-12-16-10-6-9-15(2)18(16)23-21(17)29/h6,9-10,12,14,19H,7-8,11,13H2,1-5H3,(H,23,29). The summed E-state index contributed by atoms with van der Waals surface area (Å²) >= 11 is 0. The van der Waals surface area contributed by atoms with E-state index >= 15 is 0 Å². The second kappa shape index (κ2) is 7.37. The maximum Gasteiger partial charge on any atom is 0.253 e. The molecule has 1 fully saturated rings. The molecule has 2 aromatic heterocycles. The Balaban J connectivity index is 1.92. The molecule has 1 N–H and O–H groups in total. The van der Waals surface area contributed by atoms with Crippen molar-refractivity contribution in [3.63, 3.8) is 0 Å². The van der Waals surface area contributed by atoms with Gasteiger partial charge in [0.05, 0.1) is 11.1 Å². The largest absolute Gasteiger partial charge is 0.321 e. The molecule has 3 heterocycles. The van der Waals surface area contributed by atoms with E-state index in [4.69, 9.17) is 0 Å². The average Bonchev–Trinajstić information content (AvgIpc) is 3.13. The van der Waals surface area contributed by atoms with Crippen LogP contribution in [0, 0.1) is 12.8 Å². The SMILES string of the molecule is Cc1cccc2cc(C(c3nnnn3C(C)(C)C)N3CCCC(C)C3)c(=O)[nH]c12. The van der Waals surface area contributed by atoms with E-state index in [1.165, 1.54) is 6.42 Å². The highest BCUT2D eigenvalue weighted by atomic mass is 16.1. The summed E-state index contributed by atoms with van der Waals surface area (Å²) < 4.78 is 1.86. The van der Waals surface area contributed by atoms with Gasteiger partial charge >= 0.3 is 0 Å². The number of rotatable bonds is 3. The van der Waals surface area contributed by atoms with E-state index in [1.54, 1.807) is 0 Å². The lowest BCUT2D eigenvalue weighted by Gasteiger charge is -2.37. The number of nitrogens with one attached hydrogen (secondary N) is 1. The Morgan fingerprint density at radius 2 is 2.07 bits per heavy atom. The number of piperidine rings is 1. The van der Waals surface area contributed by atoms with Gasteiger partial charge in [0.15, 0.2) is 5.82 Å². The van der Waals surface area contributed by atoms with Crippen LogP contribution in [0.3, 0.4) is 0 Å². The maximum absolute atomic E-state index is 13.2. The smallest absolute Gasteiger partial charge is 0.253 e. The summed E-state index contributed by atoms with van der Waals surface area (Å²) in [5.74, 6) is 1.30. The minimum atomic E-state index is -0.279. The number of fused-ring (bicyclic) bond motifs is 1. The van der Waals surface area contributed by atoms with Crippen molar-refractivity contribution >= 4 is 10.9 Å². The number of nitrogens with zero attached hydrogens (tertiary/aromatic N) is 5. The number of pyridine rings is 1. The van der Waals surface area contributed by atoms with Crippen LogP contribution in [0.4, 0.5) is 0 Å². The summed E-state index contributed by atoms with van der Waals surface area (Å²) in [6.07, 6.45) is 2.32. The number of likely N-dealkylation sites (tertiary alicyclic amines) is 1. The Kier molecular flexibility index (Phi) is 5.02. The van der Waals surface area contributed by atoms with Crippen LogP contribution >= 0.6 is 0 Å². The minimum Gasteiger partial charge on any atom is -0.321 e. The molecule has 154 valence electrons. The van der Waals surface area contributed by atoms with Crippen molar-refractivity contribution in [1.82, 2.24) is 30.1 Å². The molecule has 7 heteroatoms. The van der Waals surface area contributed by atoms with E-state index in [-0.39, 0.29) is 17.1 Å². The first kappa shape index (κ1) is 19.8. The second-order valence-corrected chi connectivity index (χ2v) is 9.36. The number of H-pyrrole nitrogens is 1. The Morgan fingerprint density at radius 3 is 2.79 bits per heavy atom. The third-order valence-corrected chi connectivity index (χ3v) is 5.84. The van der Waals surface area contributed by atoms with Crippen LogP contribution in [0.15, 0.2) is 29.1 Å². The Labute approximate surface area is 171 Å². The van der Waals surface area contributed by atoms with Crippen molar-refractivity contribution < 1.29 is 0 Å². The Bertz CT molecular complexity index is 1080. The number of aryl methyl sites for hydroxylation is 1. The van der Waals surface area contributed by atoms with Crippen molar-refractivity contribution in [3.05, 3.63) is 51.6 Å². The third kappa shape index (κ3) is 3.71. The number of para-hydroxylation sites is 1. The van der Waals surface area contributed by atoms with Gasteiger partial charge in [0.1, 0.15) is 6.04 Å². The molecule has 0 spiro atoms. The number of tetrazole rings is 1. The van der Waals surface area contributed by atoms with Crippen molar-refractivity contribution in [1.29, 1.82) is 0 Å². The highest BCUT2D eigenvalue weighted by Gasteiger charge is 2.35. The molecule has 2 atom stereocenters. The fraction of sp³-hybridized carbons (Fsp3) is 0.545. The molecular formula is C22H30N6O. The van der Waals surface area contributed by atoms with Crippen LogP contribution in [0.2, 0.25) is 0 Å². The van der Waals surface area contributed by atoms with Crippen LogP contribution in [0.25, 0.3) is 10.9 Å². The first-order chi connectivity index (χ1) is 13.8. The van der Waals surface area contributed by atoms with Crippen molar-refractivity contribution in [3.8, 4) is 0 Å². The summed E-state index contributed by atoms with van der Waals surface area (Å²) in [4.78, 5) is 18.7. The van der Waals surface area contributed by atoms with E-state index in [9.17, 15) is 4.79 Å². The molecule has 0 saturated carbocycles. The fourth-order valence-electron chi connectivity index (χ4n) is 4.41. The fourth-order valence-corrected chi connectivity index (χ4v) is 4.41. The van der Waals surface area contributed by atoms with Gasteiger partial charge in [-0.15, -0.1) is 5.10 Å². The van der Waals surface area contributed by atoms with Crippen molar-refractivity contribution in [2.24, 2.45) is 5.92 Å². The van der Waals surface area contributed by atoms with Gasteiger partial charge in [-0.25, -0.2) is 4.68 Å². The Morgan fingerprint density at radius 1 is 1.28 bits per heavy atom. The molecule has 7 nitrogen and oxygen atoms in total. The van der Waals surface area contributed by atoms with Crippen LogP contribution in [0.1, 0.15) is 63.5 Å². The first-order valence-electron chi connectivity index (χ1n) is 10.4. The minimum absolute atomic E-state index is 0.0708. The molecule has 0 bridgehead atoms. The molecule has 0 amide bonds. The number of hydrogen-bond donors (Lipinski definition) is 1. The number of benzene rings is 1. The predicted molar refractivity (Wildman–Crippen MR) is 114 cm³/mol.